The van der Waals surface area contributed by atoms with E-state index >= 15 is 0 Å². The van der Waals surface area contributed by atoms with Crippen molar-refractivity contribution in [3.63, 3.8) is 0 Å². The number of hydrogen-bond donors (Lipinski definition) is 1. The van der Waals surface area contributed by atoms with Crippen molar-refractivity contribution in [2.24, 2.45) is 0 Å². The summed E-state index contributed by atoms with van der Waals surface area (Å²) in [6.07, 6.45) is 1.16. The summed E-state index contributed by atoms with van der Waals surface area (Å²) in [7, 11) is -2.48. The molecule has 1 aliphatic carbocycles. The largest absolute Gasteiger partial charge is 0.376 e. The van der Waals surface area contributed by atoms with Gasteiger partial charge in [-0.3, -0.25) is 10.1 Å². The molecular weight excluding hydrogens is 344 g/mol. The number of hydrogen-bond acceptors (Lipinski definition) is 5. The Morgan fingerprint density at radius 2 is 1.68 bits per heavy atom. The highest BCUT2D eigenvalue weighted by atomic mass is 32.2. The van der Waals surface area contributed by atoms with E-state index < -0.39 is 26.2 Å². The molecule has 0 atom stereocenters. The van der Waals surface area contributed by atoms with E-state index in [0.29, 0.717) is 12.8 Å². The third kappa shape index (κ3) is 3.41. The third-order valence-corrected chi connectivity index (χ3v) is 5.96. The van der Waals surface area contributed by atoms with Gasteiger partial charge >= 0.3 is 0 Å². The van der Waals surface area contributed by atoms with Gasteiger partial charge in [0.05, 0.1) is 10.5 Å². The lowest BCUT2D eigenvalue weighted by Gasteiger charge is -2.27. The van der Waals surface area contributed by atoms with Crippen LogP contribution in [0, 0.1) is 10.1 Å². The predicted octanol–water partition coefficient (Wildman–Crippen LogP) is 2.06. The number of rotatable bonds is 6. The van der Waals surface area contributed by atoms with Gasteiger partial charge in [-0.1, -0.05) is 36.4 Å². The Morgan fingerprint density at radius 1 is 1.12 bits per heavy atom. The summed E-state index contributed by atoms with van der Waals surface area (Å²) in [5.41, 5.74) is 1.10. The van der Waals surface area contributed by atoms with E-state index in [-0.39, 0.29) is 11.4 Å². The zero-order valence-corrected chi connectivity index (χ0v) is 14.5. The summed E-state index contributed by atoms with van der Waals surface area (Å²) >= 11 is 0. The van der Waals surface area contributed by atoms with Crippen LogP contribution in [0.4, 0.5) is 5.69 Å². The van der Waals surface area contributed by atoms with Gasteiger partial charge in [0.2, 0.25) is 10.0 Å². The topological polar surface area (TPSA) is 98.5 Å². The molecule has 0 aromatic heterocycles. The minimum Gasteiger partial charge on any atom is -0.376 e. The Bertz CT molecular complexity index is 886. The van der Waals surface area contributed by atoms with Gasteiger partial charge in [0, 0.05) is 32.6 Å². The second kappa shape index (κ2) is 6.55. The van der Waals surface area contributed by atoms with Crippen LogP contribution in [0.2, 0.25) is 0 Å². The molecule has 1 N–H and O–H groups in total. The van der Waals surface area contributed by atoms with E-state index in [4.69, 9.17) is 4.74 Å². The first kappa shape index (κ1) is 17.5. The number of sulfonamides is 1. The number of ether oxygens (including phenoxy) is 1. The third-order valence-electron chi connectivity index (χ3n) is 4.51. The molecule has 0 saturated carbocycles. The second-order valence-corrected chi connectivity index (χ2v) is 7.79. The van der Waals surface area contributed by atoms with Gasteiger partial charge in [-0.05, 0) is 17.2 Å². The van der Waals surface area contributed by atoms with Crippen LogP contribution in [0.25, 0.3) is 0 Å². The maximum Gasteiger partial charge on any atom is 0.289 e. The van der Waals surface area contributed by atoms with Gasteiger partial charge in [0.25, 0.3) is 5.69 Å². The molecule has 0 saturated heterocycles. The number of fused-ring (bicyclic) bond motifs is 1. The highest BCUT2D eigenvalue weighted by Crippen LogP contribution is 2.32. The fourth-order valence-electron chi connectivity index (χ4n) is 3.14. The number of nitrogens with one attached hydrogen (secondary N) is 1. The van der Waals surface area contributed by atoms with Gasteiger partial charge < -0.3 is 4.74 Å². The van der Waals surface area contributed by atoms with Crippen LogP contribution in [-0.2, 0) is 27.6 Å². The number of methoxy groups -OCH3 is 1. The van der Waals surface area contributed by atoms with Crippen LogP contribution in [0.5, 0.6) is 0 Å². The molecule has 2 aromatic carbocycles. The van der Waals surface area contributed by atoms with E-state index in [1.165, 1.54) is 24.3 Å². The molecule has 8 heteroatoms. The Balaban J connectivity index is 1.82. The molecule has 3 rings (SSSR count). The summed E-state index contributed by atoms with van der Waals surface area (Å²) in [4.78, 5) is 10.0. The summed E-state index contributed by atoms with van der Waals surface area (Å²) < 4.78 is 33.3. The maximum absolute atomic E-state index is 12.6. The lowest BCUT2D eigenvalue weighted by Crippen LogP contribution is -2.45. The molecule has 0 amide bonds. The van der Waals surface area contributed by atoms with Crippen LogP contribution in [0.15, 0.2) is 53.4 Å². The first-order chi connectivity index (χ1) is 11.9. The molecule has 0 aliphatic heterocycles. The fraction of sp³-hybridized carbons (Fsp3) is 0.294. The normalized spacial score (nSPS) is 15.7. The zero-order chi connectivity index (χ0) is 18.1. The molecule has 0 radical (unpaired) electrons. The molecule has 25 heavy (non-hydrogen) atoms. The summed E-state index contributed by atoms with van der Waals surface area (Å²) in [5, 5.41) is 11.1. The minimum absolute atomic E-state index is 0.0343. The molecular formula is C17H18N2O5S. The van der Waals surface area contributed by atoms with Crippen LogP contribution in [0.1, 0.15) is 11.1 Å². The van der Waals surface area contributed by atoms with Crippen LogP contribution in [0.3, 0.4) is 0 Å². The Hall–Kier alpha value is -2.29. The summed E-state index contributed by atoms with van der Waals surface area (Å²) in [6.45, 7) is 0.0343. The fourth-order valence-corrected chi connectivity index (χ4v) is 4.42. The number of benzene rings is 2. The number of nitro groups is 1. The van der Waals surface area contributed by atoms with Gasteiger partial charge in [0.15, 0.2) is 4.90 Å². The van der Waals surface area contributed by atoms with Crippen LogP contribution >= 0.6 is 0 Å². The Kier molecular flexibility index (Phi) is 4.59. The lowest BCUT2D eigenvalue weighted by molar-refractivity contribution is -0.387. The first-order valence-corrected chi connectivity index (χ1v) is 9.20. The Labute approximate surface area is 145 Å². The van der Waals surface area contributed by atoms with Crippen molar-refractivity contribution in [1.82, 2.24) is 4.72 Å². The molecule has 0 fully saturated rings. The quantitative estimate of drug-likeness (QED) is 0.626. The van der Waals surface area contributed by atoms with Crippen molar-refractivity contribution < 1.29 is 18.1 Å². The average molecular weight is 362 g/mol. The van der Waals surface area contributed by atoms with E-state index in [0.717, 1.165) is 11.1 Å². The van der Waals surface area contributed by atoms with Gasteiger partial charge in [-0.25, -0.2) is 13.1 Å². The average Bonchev–Trinajstić information content (AvgIpc) is 2.99. The lowest BCUT2D eigenvalue weighted by atomic mass is 10.0. The van der Waals surface area contributed by atoms with E-state index in [1.54, 1.807) is 7.11 Å². The van der Waals surface area contributed by atoms with Gasteiger partial charge in [-0.2, -0.15) is 0 Å². The number of nitrogens with zero attached hydrogens (tertiary/aromatic N) is 1. The van der Waals surface area contributed by atoms with Crippen molar-refractivity contribution >= 4 is 15.7 Å². The molecule has 0 spiro atoms. The van der Waals surface area contributed by atoms with Crippen LogP contribution < -0.4 is 4.72 Å². The van der Waals surface area contributed by atoms with Crippen molar-refractivity contribution in [3.8, 4) is 0 Å². The maximum atomic E-state index is 12.6. The van der Waals surface area contributed by atoms with Crippen molar-refractivity contribution in [2.75, 3.05) is 13.7 Å². The molecule has 7 nitrogen and oxygen atoms in total. The standard InChI is InChI=1S/C17H18N2O5S/c1-24-17(10-13-6-2-3-7-14(13)11-17)12-18-25(22,23)16-9-5-4-8-15(16)19(20)21/h2-9,18H,10-12H2,1H3. The molecule has 0 bridgehead atoms. The van der Waals surface area contributed by atoms with Crippen molar-refractivity contribution in [2.45, 2.75) is 23.3 Å². The number of nitro benzene ring substituents is 1. The smallest absolute Gasteiger partial charge is 0.289 e. The van der Waals surface area contributed by atoms with Crippen molar-refractivity contribution in [1.29, 1.82) is 0 Å². The van der Waals surface area contributed by atoms with Gasteiger partial charge in [-0.15, -0.1) is 0 Å². The molecule has 0 unspecified atom stereocenters. The van der Waals surface area contributed by atoms with Gasteiger partial charge in [0.1, 0.15) is 0 Å². The predicted molar refractivity (Wildman–Crippen MR) is 91.9 cm³/mol. The monoisotopic (exact) mass is 362 g/mol. The second-order valence-electron chi connectivity index (χ2n) is 6.06. The van der Waals surface area contributed by atoms with E-state index in [1.807, 2.05) is 24.3 Å². The minimum atomic E-state index is -4.03. The molecule has 1 aliphatic rings. The molecule has 2 aromatic rings. The highest BCUT2D eigenvalue weighted by Gasteiger charge is 2.39. The van der Waals surface area contributed by atoms with Crippen molar-refractivity contribution in [3.05, 3.63) is 69.8 Å². The first-order valence-electron chi connectivity index (χ1n) is 7.72. The zero-order valence-electron chi connectivity index (χ0n) is 13.6. The molecule has 0 heterocycles. The number of para-hydroxylation sites is 1. The SMILES string of the molecule is COC1(CNS(=O)(=O)c2ccccc2[N+](=O)[O-])Cc2ccccc2C1. The summed E-state index contributed by atoms with van der Waals surface area (Å²) in [5.74, 6) is 0. The van der Waals surface area contributed by atoms with E-state index in [2.05, 4.69) is 4.72 Å². The van der Waals surface area contributed by atoms with E-state index in [9.17, 15) is 18.5 Å². The highest BCUT2D eigenvalue weighted by molar-refractivity contribution is 7.89. The van der Waals surface area contributed by atoms with Crippen LogP contribution in [-0.4, -0.2) is 32.6 Å². The molecule has 132 valence electrons. The Morgan fingerprint density at radius 3 is 2.24 bits per heavy atom. The summed E-state index contributed by atoms with van der Waals surface area (Å²) in [6, 6.07) is 13.1.